The van der Waals surface area contributed by atoms with Gasteiger partial charge in [0.1, 0.15) is 17.1 Å². The van der Waals surface area contributed by atoms with Crippen molar-refractivity contribution in [2.45, 2.75) is 45.9 Å². The lowest BCUT2D eigenvalue weighted by atomic mass is 10.0. The van der Waals surface area contributed by atoms with Crippen LogP contribution >= 0.6 is 0 Å². The van der Waals surface area contributed by atoms with E-state index in [0.29, 0.717) is 23.6 Å². The third-order valence-electron chi connectivity index (χ3n) is 5.51. The zero-order chi connectivity index (χ0) is 26.3. The number of pyridine rings is 1. The topological polar surface area (TPSA) is 109 Å². The molecule has 1 aliphatic rings. The fourth-order valence-electron chi connectivity index (χ4n) is 3.86. The molecule has 0 atom stereocenters. The lowest BCUT2D eigenvalue weighted by molar-refractivity contribution is 0.0967. The number of hydrogen-bond acceptors (Lipinski definition) is 8. The minimum atomic E-state index is -3.33. The monoisotopic (exact) mass is 518 g/mol. The van der Waals surface area contributed by atoms with E-state index < -0.39 is 27.3 Å². The predicted octanol–water partition coefficient (Wildman–Crippen LogP) is 4.00. The molecule has 0 bridgehead atoms. The van der Waals surface area contributed by atoms with Gasteiger partial charge in [0.05, 0.1) is 24.7 Å². The van der Waals surface area contributed by atoms with Crippen molar-refractivity contribution in [1.82, 2.24) is 19.7 Å². The van der Waals surface area contributed by atoms with E-state index >= 15 is 4.39 Å². The molecule has 1 aliphatic heterocycles. The second-order valence-electron chi connectivity index (χ2n) is 9.55. The molecule has 1 aromatic carbocycles. The number of hydrogen-bond donors (Lipinski definition) is 2. The molecular weight excluding hydrogens is 490 g/mol. The number of halogens is 2. The van der Waals surface area contributed by atoms with E-state index in [1.165, 1.54) is 12.3 Å². The van der Waals surface area contributed by atoms with Gasteiger partial charge in [-0.2, -0.15) is 0 Å². The third kappa shape index (κ3) is 5.88. The zero-order valence-corrected chi connectivity index (χ0v) is 21.4. The molecule has 0 aliphatic carbocycles. The van der Waals surface area contributed by atoms with Crippen molar-refractivity contribution in [3.8, 4) is 17.0 Å². The highest BCUT2D eigenvalue weighted by Gasteiger charge is 2.35. The van der Waals surface area contributed by atoms with Crippen LogP contribution in [0.25, 0.3) is 11.3 Å². The highest BCUT2D eigenvalue weighted by Crippen LogP contribution is 2.42. The Labute approximate surface area is 209 Å². The molecule has 0 fully saturated rings. The van der Waals surface area contributed by atoms with E-state index in [1.807, 2.05) is 32.6 Å². The second kappa shape index (κ2) is 9.58. The molecule has 0 amide bonds. The third-order valence-corrected chi connectivity index (χ3v) is 6.18. The molecule has 3 aromatic rings. The summed E-state index contributed by atoms with van der Waals surface area (Å²) in [6.45, 7) is 8.42. The van der Waals surface area contributed by atoms with Crippen LogP contribution in [0.4, 0.5) is 26.2 Å². The molecule has 0 saturated heterocycles. The number of benzene rings is 1. The first kappa shape index (κ1) is 25.7. The van der Waals surface area contributed by atoms with Crippen molar-refractivity contribution in [3.63, 3.8) is 0 Å². The Hall–Kier alpha value is -3.38. The van der Waals surface area contributed by atoms with Crippen LogP contribution in [0.2, 0.25) is 0 Å². The standard InChI is InChI=1S/C24H28F2N6O3S/c1-14(2)32-13-24(3,4)35-22-17(25)8-16(9-19(22)32)21-18(26)12-28-23(31-21)30-20-7-6-15(10-27-20)11-29-36(5,33)34/h6-10,12,14,29H,11,13H2,1-5H3,(H,27,28,30,31). The Morgan fingerprint density at radius 2 is 1.89 bits per heavy atom. The molecule has 0 spiro atoms. The number of aromatic nitrogens is 3. The predicted molar refractivity (Wildman–Crippen MR) is 134 cm³/mol. The molecule has 0 unspecified atom stereocenters. The number of nitrogens with zero attached hydrogens (tertiary/aromatic N) is 4. The van der Waals surface area contributed by atoms with E-state index in [1.54, 1.807) is 18.2 Å². The van der Waals surface area contributed by atoms with Crippen molar-refractivity contribution < 1.29 is 21.9 Å². The normalized spacial score (nSPS) is 14.9. The maximum absolute atomic E-state index is 15.2. The van der Waals surface area contributed by atoms with Gasteiger partial charge in [-0.25, -0.2) is 36.9 Å². The average Bonchev–Trinajstić information content (AvgIpc) is 2.79. The van der Waals surface area contributed by atoms with Gasteiger partial charge in [0.2, 0.25) is 16.0 Å². The van der Waals surface area contributed by atoms with Crippen LogP contribution in [0.15, 0.2) is 36.7 Å². The quantitative estimate of drug-likeness (QED) is 0.483. The van der Waals surface area contributed by atoms with Gasteiger partial charge in [-0.3, -0.25) is 0 Å². The Morgan fingerprint density at radius 3 is 2.53 bits per heavy atom. The molecule has 0 radical (unpaired) electrons. The largest absolute Gasteiger partial charge is 0.481 e. The summed E-state index contributed by atoms with van der Waals surface area (Å²) in [5.41, 5.74) is 0.776. The highest BCUT2D eigenvalue weighted by molar-refractivity contribution is 7.88. The van der Waals surface area contributed by atoms with E-state index in [2.05, 4.69) is 25.0 Å². The molecular formula is C24H28F2N6O3S. The van der Waals surface area contributed by atoms with Crippen LogP contribution in [-0.2, 0) is 16.6 Å². The molecule has 2 N–H and O–H groups in total. The maximum atomic E-state index is 15.2. The van der Waals surface area contributed by atoms with Gasteiger partial charge in [-0.05, 0) is 51.5 Å². The Bertz CT molecular complexity index is 1380. The highest BCUT2D eigenvalue weighted by atomic mass is 32.2. The average molecular weight is 519 g/mol. The van der Waals surface area contributed by atoms with Gasteiger partial charge < -0.3 is 15.0 Å². The first-order valence-corrected chi connectivity index (χ1v) is 13.2. The number of fused-ring (bicyclic) bond motifs is 1. The van der Waals surface area contributed by atoms with Crippen molar-refractivity contribution in [1.29, 1.82) is 0 Å². The summed E-state index contributed by atoms with van der Waals surface area (Å²) in [6, 6.07) is 6.24. The molecule has 4 rings (SSSR count). The van der Waals surface area contributed by atoms with Gasteiger partial charge >= 0.3 is 0 Å². The fourth-order valence-corrected chi connectivity index (χ4v) is 4.29. The van der Waals surface area contributed by atoms with Crippen LogP contribution in [0.1, 0.15) is 33.3 Å². The van der Waals surface area contributed by atoms with Crippen LogP contribution in [0.5, 0.6) is 5.75 Å². The second-order valence-corrected chi connectivity index (χ2v) is 11.4. The smallest absolute Gasteiger partial charge is 0.229 e. The first-order valence-electron chi connectivity index (χ1n) is 11.3. The number of ether oxygens (including phenoxy) is 1. The van der Waals surface area contributed by atoms with Crippen LogP contribution in [0, 0.1) is 11.6 Å². The van der Waals surface area contributed by atoms with Crippen molar-refractivity contribution >= 4 is 27.5 Å². The van der Waals surface area contributed by atoms with Crippen molar-refractivity contribution in [2.24, 2.45) is 0 Å². The molecule has 192 valence electrons. The van der Waals surface area contributed by atoms with Crippen molar-refractivity contribution in [2.75, 3.05) is 23.0 Å². The van der Waals surface area contributed by atoms with Gasteiger partial charge in [0.15, 0.2) is 17.4 Å². The Morgan fingerprint density at radius 1 is 1.14 bits per heavy atom. The number of nitrogens with one attached hydrogen (secondary N) is 2. The first-order chi connectivity index (χ1) is 16.8. The minimum absolute atomic E-state index is 0.0655. The molecule has 2 aromatic heterocycles. The summed E-state index contributed by atoms with van der Waals surface area (Å²) in [7, 11) is -3.33. The van der Waals surface area contributed by atoms with Gasteiger partial charge in [-0.1, -0.05) is 6.07 Å². The summed E-state index contributed by atoms with van der Waals surface area (Å²) >= 11 is 0. The summed E-state index contributed by atoms with van der Waals surface area (Å²) in [6.07, 6.45) is 3.57. The van der Waals surface area contributed by atoms with E-state index in [-0.39, 0.29) is 35.5 Å². The molecule has 9 nitrogen and oxygen atoms in total. The lowest BCUT2D eigenvalue weighted by Crippen LogP contribution is -2.49. The molecule has 0 saturated carbocycles. The van der Waals surface area contributed by atoms with Crippen LogP contribution in [0.3, 0.4) is 0 Å². The van der Waals surface area contributed by atoms with Gasteiger partial charge in [-0.15, -0.1) is 0 Å². The van der Waals surface area contributed by atoms with Crippen LogP contribution in [-0.4, -0.2) is 47.8 Å². The van der Waals surface area contributed by atoms with Gasteiger partial charge in [0, 0.05) is 24.3 Å². The summed E-state index contributed by atoms with van der Waals surface area (Å²) in [4.78, 5) is 14.5. The Balaban J connectivity index is 1.62. The zero-order valence-electron chi connectivity index (χ0n) is 20.6. The lowest BCUT2D eigenvalue weighted by Gasteiger charge is -2.43. The van der Waals surface area contributed by atoms with Crippen LogP contribution < -0.4 is 19.7 Å². The molecule has 36 heavy (non-hydrogen) atoms. The van der Waals surface area contributed by atoms with Gasteiger partial charge in [0.25, 0.3) is 0 Å². The minimum Gasteiger partial charge on any atom is -0.481 e. The molecule has 12 heteroatoms. The summed E-state index contributed by atoms with van der Waals surface area (Å²) < 4.78 is 60.7. The van der Waals surface area contributed by atoms with E-state index in [9.17, 15) is 12.8 Å². The molecule has 3 heterocycles. The van der Waals surface area contributed by atoms with Crippen molar-refractivity contribution in [3.05, 3.63) is 53.9 Å². The Kier molecular flexibility index (Phi) is 6.84. The summed E-state index contributed by atoms with van der Waals surface area (Å²) in [5, 5.41) is 2.89. The van der Waals surface area contributed by atoms with E-state index in [0.717, 1.165) is 12.5 Å². The number of anilines is 3. The summed E-state index contributed by atoms with van der Waals surface area (Å²) in [5.74, 6) is -0.742. The number of sulfonamides is 1. The SMILES string of the molecule is CC(C)N1CC(C)(C)Oc2c(F)cc(-c3nc(Nc4ccc(CNS(C)(=O)=O)cn4)ncc3F)cc21. The fraction of sp³-hybridized carbons (Fsp3) is 0.375. The maximum Gasteiger partial charge on any atom is 0.229 e. The number of rotatable bonds is 7. The van der Waals surface area contributed by atoms with E-state index in [4.69, 9.17) is 4.74 Å².